The van der Waals surface area contributed by atoms with Crippen LogP contribution in [0.4, 0.5) is 0 Å². The number of hydrogen-bond acceptors (Lipinski definition) is 7. The van der Waals surface area contributed by atoms with Gasteiger partial charge >= 0.3 is 19.8 Å². The average molecular weight is 1160 g/mol. The van der Waals surface area contributed by atoms with Gasteiger partial charge in [-0.1, -0.05) is 304 Å². The highest BCUT2D eigenvalue weighted by Crippen LogP contribution is 2.43. The van der Waals surface area contributed by atoms with Crippen molar-refractivity contribution >= 4 is 19.8 Å². The molecule has 0 aliphatic heterocycles. The second kappa shape index (κ2) is 61.7. The van der Waals surface area contributed by atoms with Crippen LogP contribution >= 0.6 is 7.82 Å². The van der Waals surface area contributed by atoms with Gasteiger partial charge < -0.3 is 18.9 Å². The first kappa shape index (κ1) is 78.2. The number of allylic oxidation sites excluding steroid dienone is 14. The van der Waals surface area contributed by atoms with Gasteiger partial charge in [-0.2, -0.15) is 0 Å². The minimum atomic E-state index is -4.40. The molecule has 0 saturated carbocycles. The van der Waals surface area contributed by atoms with E-state index in [1.54, 1.807) is 0 Å². The van der Waals surface area contributed by atoms with Crippen molar-refractivity contribution in [1.29, 1.82) is 0 Å². The number of hydrogen-bond donors (Lipinski definition) is 1. The number of nitrogens with zero attached hydrogens (tertiary/aromatic N) is 1. The molecule has 0 heterocycles. The highest BCUT2D eigenvalue weighted by atomic mass is 31.2. The van der Waals surface area contributed by atoms with Crippen LogP contribution in [-0.2, 0) is 32.7 Å². The lowest BCUT2D eigenvalue weighted by molar-refractivity contribution is -0.870. The van der Waals surface area contributed by atoms with E-state index in [2.05, 4.69) is 98.9 Å². The van der Waals surface area contributed by atoms with Crippen LogP contribution in [0.2, 0.25) is 0 Å². The standard InChI is InChI=1S/C71H128NO8P/c1-6-8-10-12-14-16-18-20-22-24-26-28-30-32-34-35-36-38-39-41-43-45-47-49-51-53-55-57-59-61-63-70(73)77-67-69(68-79-81(75,76)78-66-65-72(3,4)5)80-71(74)64-62-60-58-56-54-52-50-48-46-44-42-40-37-33-31-29-27-25-23-21-19-17-15-13-11-9-7-2/h9,11,15,17,21,23,27,29,33,37,42,44,48,50,69H,6-8,10,12-14,16,18-20,22,24-26,28,30-32,34-36,38-41,43,45-47,49,51-68H2,1-5H3/p+1/b11-9-,17-15-,23-21-,29-27-,37-33-,44-42-,50-48-. The molecule has 0 bridgehead atoms. The summed E-state index contributed by atoms with van der Waals surface area (Å²) < 4.78 is 34.7. The number of esters is 2. The third-order valence-corrected chi connectivity index (χ3v) is 15.7. The minimum Gasteiger partial charge on any atom is -0.462 e. The fraction of sp³-hybridized carbons (Fsp3) is 0.775. The van der Waals surface area contributed by atoms with E-state index < -0.39 is 26.5 Å². The molecular formula is C71H129NO8P+. The zero-order valence-corrected chi connectivity index (χ0v) is 54.4. The Morgan fingerprint density at radius 3 is 1.05 bits per heavy atom. The molecule has 0 aromatic rings. The molecule has 0 aliphatic carbocycles. The zero-order valence-electron chi connectivity index (χ0n) is 53.5. The van der Waals surface area contributed by atoms with Gasteiger partial charge in [0.05, 0.1) is 27.7 Å². The number of carbonyl (C=O) groups is 2. The Bertz CT molecular complexity index is 1640. The monoisotopic (exact) mass is 1150 g/mol. The maximum absolute atomic E-state index is 12.9. The third-order valence-electron chi connectivity index (χ3n) is 14.7. The van der Waals surface area contributed by atoms with Gasteiger partial charge in [-0.05, 0) is 70.6 Å². The van der Waals surface area contributed by atoms with Crippen molar-refractivity contribution in [2.24, 2.45) is 0 Å². The Morgan fingerprint density at radius 2 is 0.704 bits per heavy atom. The van der Waals surface area contributed by atoms with E-state index in [1.807, 2.05) is 21.1 Å². The fourth-order valence-electron chi connectivity index (χ4n) is 9.53. The summed E-state index contributed by atoms with van der Waals surface area (Å²) in [6, 6.07) is 0. The summed E-state index contributed by atoms with van der Waals surface area (Å²) in [7, 11) is 1.46. The molecule has 0 fully saturated rings. The van der Waals surface area contributed by atoms with Gasteiger partial charge in [0.25, 0.3) is 0 Å². The fourth-order valence-corrected chi connectivity index (χ4v) is 10.3. The first-order valence-electron chi connectivity index (χ1n) is 33.8. The van der Waals surface area contributed by atoms with Gasteiger partial charge in [-0.3, -0.25) is 18.6 Å². The van der Waals surface area contributed by atoms with Crippen molar-refractivity contribution in [1.82, 2.24) is 0 Å². The number of rotatable bonds is 62. The topological polar surface area (TPSA) is 108 Å². The molecule has 2 atom stereocenters. The van der Waals surface area contributed by atoms with Gasteiger partial charge in [0.2, 0.25) is 0 Å². The highest BCUT2D eigenvalue weighted by molar-refractivity contribution is 7.47. The molecule has 0 aliphatic rings. The van der Waals surface area contributed by atoms with Crippen molar-refractivity contribution < 1.29 is 42.1 Å². The number of quaternary nitrogens is 1. The van der Waals surface area contributed by atoms with E-state index in [1.165, 1.54) is 173 Å². The maximum atomic E-state index is 12.9. The molecule has 2 unspecified atom stereocenters. The molecule has 470 valence electrons. The maximum Gasteiger partial charge on any atom is 0.472 e. The lowest BCUT2D eigenvalue weighted by Gasteiger charge is -2.24. The van der Waals surface area contributed by atoms with E-state index in [0.717, 1.165) is 96.3 Å². The molecule has 0 radical (unpaired) electrons. The van der Waals surface area contributed by atoms with Crippen LogP contribution in [0.5, 0.6) is 0 Å². The summed E-state index contributed by atoms with van der Waals surface area (Å²) in [4.78, 5) is 35.8. The lowest BCUT2D eigenvalue weighted by atomic mass is 10.0. The number of carbonyl (C=O) groups excluding carboxylic acids is 2. The van der Waals surface area contributed by atoms with E-state index in [0.29, 0.717) is 17.4 Å². The molecule has 10 heteroatoms. The molecule has 0 spiro atoms. The molecule has 0 amide bonds. The van der Waals surface area contributed by atoms with Crippen LogP contribution in [0.3, 0.4) is 0 Å². The summed E-state index contributed by atoms with van der Waals surface area (Å²) in [5.74, 6) is -0.812. The summed E-state index contributed by atoms with van der Waals surface area (Å²) >= 11 is 0. The van der Waals surface area contributed by atoms with Gasteiger partial charge in [-0.15, -0.1) is 0 Å². The van der Waals surface area contributed by atoms with Crippen LogP contribution < -0.4 is 0 Å². The van der Waals surface area contributed by atoms with E-state index in [-0.39, 0.29) is 32.0 Å². The summed E-state index contributed by atoms with van der Waals surface area (Å²) in [5.41, 5.74) is 0. The van der Waals surface area contributed by atoms with Gasteiger partial charge in [0.1, 0.15) is 19.8 Å². The van der Waals surface area contributed by atoms with Crippen LogP contribution in [0.25, 0.3) is 0 Å². The Morgan fingerprint density at radius 1 is 0.395 bits per heavy atom. The Hall–Kier alpha value is -2.81. The summed E-state index contributed by atoms with van der Waals surface area (Å²) in [6.07, 6.45) is 84.0. The van der Waals surface area contributed by atoms with Gasteiger partial charge in [0, 0.05) is 12.8 Å². The predicted octanol–water partition coefficient (Wildman–Crippen LogP) is 21.8. The number of likely N-dealkylation sites (N-methyl/N-ethyl adjacent to an activating group) is 1. The smallest absolute Gasteiger partial charge is 0.462 e. The van der Waals surface area contributed by atoms with Crippen LogP contribution in [0.15, 0.2) is 85.1 Å². The van der Waals surface area contributed by atoms with Crippen molar-refractivity contribution in [3.63, 3.8) is 0 Å². The molecule has 9 nitrogen and oxygen atoms in total. The van der Waals surface area contributed by atoms with Crippen molar-refractivity contribution in [2.75, 3.05) is 47.5 Å². The average Bonchev–Trinajstić information content (AvgIpc) is 3.43. The quantitative estimate of drug-likeness (QED) is 0.0211. The van der Waals surface area contributed by atoms with Crippen molar-refractivity contribution in [3.05, 3.63) is 85.1 Å². The Kier molecular flexibility index (Phi) is 59.6. The predicted molar refractivity (Wildman–Crippen MR) is 349 cm³/mol. The molecular weight excluding hydrogens is 1030 g/mol. The number of phosphoric acid groups is 1. The first-order chi connectivity index (χ1) is 39.5. The Balaban J connectivity index is 4.10. The number of ether oxygens (including phenoxy) is 2. The van der Waals surface area contributed by atoms with Crippen LogP contribution in [-0.4, -0.2) is 74.9 Å². The largest absolute Gasteiger partial charge is 0.472 e. The zero-order chi connectivity index (χ0) is 59.1. The molecule has 0 rings (SSSR count). The van der Waals surface area contributed by atoms with Crippen molar-refractivity contribution in [2.45, 2.75) is 309 Å². The van der Waals surface area contributed by atoms with E-state index in [4.69, 9.17) is 18.5 Å². The molecule has 1 N–H and O–H groups in total. The van der Waals surface area contributed by atoms with Crippen LogP contribution in [0.1, 0.15) is 303 Å². The Labute approximate surface area is 501 Å². The third kappa shape index (κ3) is 66.2. The second-order valence-corrected chi connectivity index (χ2v) is 25.3. The van der Waals surface area contributed by atoms with Crippen LogP contribution in [0, 0.1) is 0 Å². The molecule has 0 aromatic carbocycles. The summed E-state index contributed by atoms with van der Waals surface area (Å²) in [6.45, 7) is 4.33. The molecule has 81 heavy (non-hydrogen) atoms. The summed E-state index contributed by atoms with van der Waals surface area (Å²) in [5, 5.41) is 0. The SMILES string of the molecule is CC/C=C\C/C=C\C/C=C\C/C=C\C/C=C\C/C=C\C/C=C\CCCCCCCC(=O)OC(COC(=O)CCCCCCCCCCCCCCCCCCCCCCCCCCCCCCCC)COP(=O)(O)OCC[N+](C)(C)C. The number of unbranched alkanes of at least 4 members (excludes halogenated alkanes) is 34. The first-order valence-corrected chi connectivity index (χ1v) is 35.3. The van der Waals surface area contributed by atoms with E-state index >= 15 is 0 Å². The number of phosphoric ester groups is 1. The van der Waals surface area contributed by atoms with Gasteiger partial charge in [-0.25, -0.2) is 4.57 Å². The van der Waals surface area contributed by atoms with Gasteiger partial charge in [0.15, 0.2) is 6.10 Å². The molecule has 0 aromatic heterocycles. The van der Waals surface area contributed by atoms with E-state index in [9.17, 15) is 19.0 Å². The van der Waals surface area contributed by atoms with Crippen molar-refractivity contribution in [3.8, 4) is 0 Å². The highest BCUT2D eigenvalue weighted by Gasteiger charge is 2.27. The minimum absolute atomic E-state index is 0.0248. The normalized spacial score (nSPS) is 13.7. The second-order valence-electron chi connectivity index (χ2n) is 23.8. The molecule has 0 saturated heterocycles. The lowest BCUT2D eigenvalue weighted by Crippen LogP contribution is -2.37.